The Labute approximate surface area is 85.5 Å². The van der Waals surface area contributed by atoms with Crippen molar-refractivity contribution in [2.24, 2.45) is 11.8 Å². The fourth-order valence-electron chi connectivity index (χ4n) is 1.89. The van der Waals surface area contributed by atoms with Gasteiger partial charge in [0.25, 0.3) is 0 Å². The van der Waals surface area contributed by atoms with E-state index in [1.807, 2.05) is 6.92 Å². The Morgan fingerprint density at radius 3 is 2.93 bits per heavy atom. The third-order valence-corrected chi connectivity index (χ3v) is 2.94. The zero-order chi connectivity index (χ0) is 10.1. The average molecular weight is 193 g/mol. The number of aryl methyl sites for hydroxylation is 1. The van der Waals surface area contributed by atoms with Crippen LogP contribution in [-0.2, 0) is 6.54 Å². The molecule has 0 amide bonds. The first-order valence-corrected chi connectivity index (χ1v) is 5.48. The molecule has 3 nitrogen and oxygen atoms in total. The van der Waals surface area contributed by atoms with Crippen molar-refractivity contribution in [1.82, 2.24) is 9.55 Å². The van der Waals surface area contributed by atoms with E-state index in [-0.39, 0.29) is 0 Å². The molecule has 3 heteroatoms. The van der Waals surface area contributed by atoms with E-state index < -0.39 is 0 Å². The van der Waals surface area contributed by atoms with Crippen molar-refractivity contribution in [3.8, 4) is 0 Å². The molecule has 1 heterocycles. The molecule has 1 aliphatic rings. The van der Waals surface area contributed by atoms with Crippen LogP contribution in [0.25, 0.3) is 0 Å². The van der Waals surface area contributed by atoms with Crippen LogP contribution >= 0.6 is 0 Å². The van der Waals surface area contributed by atoms with Gasteiger partial charge in [0, 0.05) is 19.3 Å². The summed E-state index contributed by atoms with van der Waals surface area (Å²) in [7, 11) is 0. The van der Waals surface area contributed by atoms with Crippen LogP contribution in [0.3, 0.4) is 0 Å². The summed E-state index contributed by atoms with van der Waals surface area (Å²) in [6.45, 7) is 8.55. The first-order chi connectivity index (χ1) is 6.70. The SMILES string of the molecule is CCNc1nc(C)cn1CC1CC1C. The lowest BCUT2D eigenvalue weighted by Gasteiger charge is -2.07. The Balaban J connectivity index is 2.06. The minimum absolute atomic E-state index is 0.876. The van der Waals surface area contributed by atoms with Gasteiger partial charge in [0.05, 0.1) is 5.69 Å². The third-order valence-electron chi connectivity index (χ3n) is 2.94. The average Bonchev–Trinajstić information content (AvgIpc) is 2.68. The maximum Gasteiger partial charge on any atom is 0.203 e. The first-order valence-electron chi connectivity index (χ1n) is 5.48. The van der Waals surface area contributed by atoms with E-state index in [0.29, 0.717) is 0 Å². The van der Waals surface area contributed by atoms with E-state index in [9.17, 15) is 0 Å². The standard InChI is InChI=1S/C11H19N3/c1-4-12-11-13-9(3)6-14(11)7-10-5-8(10)2/h6,8,10H,4-5,7H2,1-3H3,(H,12,13). The molecule has 2 unspecified atom stereocenters. The fourth-order valence-corrected chi connectivity index (χ4v) is 1.89. The smallest absolute Gasteiger partial charge is 0.203 e. The Morgan fingerprint density at radius 1 is 1.64 bits per heavy atom. The quantitative estimate of drug-likeness (QED) is 0.795. The Hall–Kier alpha value is -0.990. The van der Waals surface area contributed by atoms with Gasteiger partial charge in [-0.3, -0.25) is 0 Å². The molecule has 1 N–H and O–H groups in total. The van der Waals surface area contributed by atoms with Gasteiger partial charge in [-0.25, -0.2) is 4.98 Å². The molecule has 2 rings (SSSR count). The summed E-state index contributed by atoms with van der Waals surface area (Å²) in [5.74, 6) is 2.82. The summed E-state index contributed by atoms with van der Waals surface area (Å²) in [4.78, 5) is 4.46. The van der Waals surface area contributed by atoms with Crippen LogP contribution in [0.4, 0.5) is 5.95 Å². The lowest BCUT2D eigenvalue weighted by Crippen LogP contribution is -2.07. The number of hydrogen-bond donors (Lipinski definition) is 1. The summed E-state index contributed by atoms with van der Waals surface area (Å²) in [6.07, 6.45) is 3.52. The molecule has 0 bridgehead atoms. The normalized spacial score (nSPS) is 25.1. The van der Waals surface area contributed by atoms with E-state index in [2.05, 4.69) is 34.9 Å². The maximum atomic E-state index is 4.46. The summed E-state index contributed by atoms with van der Waals surface area (Å²) >= 11 is 0. The van der Waals surface area contributed by atoms with Crippen molar-refractivity contribution < 1.29 is 0 Å². The van der Waals surface area contributed by atoms with Crippen LogP contribution in [0, 0.1) is 18.8 Å². The number of hydrogen-bond acceptors (Lipinski definition) is 2. The van der Waals surface area contributed by atoms with Crippen molar-refractivity contribution in [2.75, 3.05) is 11.9 Å². The number of rotatable bonds is 4. The second-order valence-corrected chi connectivity index (χ2v) is 4.36. The van der Waals surface area contributed by atoms with Crippen molar-refractivity contribution in [3.05, 3.63) is 11.9 Å². The molecule has 0 radical (unpaired) electrons. The van der Waals surface area contributed by atoms with E-state index >= 15 is 0 Å². The van der Waals surface area contributed by atoms with E-state index in [4.69, 9.17) is 0 Å². The number of aromatic nitrogens is 2. The molecule has 0 aliphatic heterocycles. The Morgan fingerprint density at radius 2 is 2.36 bits per heavy atom. The molecule has 1 aromatic heterocycles. The van der Waals surface area contributed by atoms with Gasteiger partial charge in [-0.2, -0.15) is 0 Å². The topological polar surface area (TPSA) is 29.9 Å². The third kappa shape index (κ3) is 1.91. The predicted octanol–water partition coefficient (Wildman–Crippen LogP) is 2.28. The highest BCUT2D eigenvalue weighted by molar-refractivity contribution is 5.28. The Bertz CT molecular complexity index is 316. The molecule has 14 heavy (non-hydrogen) atoms. The molecule has 78 valence electrons. The second kappa shape index (κ2) is 3.64. The van der Waals surface area contributed by atoms with Crippen molar-refractivity contribution >= 4 is 5.95 Å². The largest absolute Gasteiger partial charge is 0.356 e. The van der Waals surface area contributed by atoms with Crippen LogP contribution in [0.1, 0.15) is 26.0 Å². The van der Waals surface area contributed by atoms with Crippen LogP contribution in [-0.4, -0.2) is 16.1 Å². The van der Waals surface area contributed by atoms with Crippen molar-refractivity contribution in [3.63, 3.8) is 0 Å². The van der Waals surface area contributed by atoms with Gasteiger partial charge in [-0.1, -0.05) is 6.92 Å². The highest BCUT2D eigenvalue weighted by atomic mass is 15.2. The number of nitrogens with one attached hydrogen (secondary N) is 1. The van der Waals surface area contributed by atoms with Crippen LogP contribution < -0.4 is 5.32 Å². The highest BCUT2D eigenvalue weighted by Crippen LogP contribution is 2.39. The molecule has 0 saturated heterocycles. The molecule has 0 spiro atoms. The lowest BCUT2D eigenvalue weighted by atomic mass is 10.3. The van der Waals surface area contributed by atoms with Crippen LogP contribution in [0.15, 0.2) is 6.20 Å². The van der Waals surface area contributed by atoms with E-state index in [1.165, 1.54) is 6.42 Å². The van der Waals surface area contributed by atoms with Gasteiger partial charge in [-0.05, 0) is 32.1 Å². The monoisotopic (exact) mass is 193 g/mol. The molecule has 1 fully saturated rings. The zero-order valence-corrected chi connectivity index (χ0v) is 9.25. The molecule has 1 aliphatic carbocycles. The molecule has 1 aromatic rings. The molecular weight excluding hydrogens is 174 g/mol. The number of nitrogens with zero attached hydrogens (tertiary/aromatic N) is 2. The summed E-state index contributed by atoms with van der Waals surface area (Å²) < 4.78 is 2.26. The lowest BCUT2D eigenvalue weighted by molar-refractivity contribution is 0.597. The van der Waals surface area contributed by atoms with E-state index in [1.54, 1.807) is 0 Å². The van der Waals surface area contributed by atoms with Gasteiger partial charge in [-0.15, -0.1) is 0 Å². The predicted molar refractivity (Wildman–Crippen MR) is 58.4 cm³/mol. The summed E-state index contributed by atoms with van der Waals surface area (Å²) in [6, 6.07) is 0. The van der Waals surface area contributed by atoms with Gasteiger partial charge in [0.2, 0.25) is 5.95 Å². The molecule has 0 aromatic carbocycles. The fraction of sp³-hybridized carbons (Fsp3) is 0.727. The van der Waals surface area contributed by atoms with Crippen molar-refractivity contribution in [2.45, 2.75) is 33.7 Å². The number of anilines is 1. The van der Waals surface area contributed by atoms with Gasteiger partial charge in [0.15, 0.2) is 0 Å². The van der Waals surface area contributed by atoms with Crippen LogP contribution in [0.2, 0.25) is 0 Å². The van der Waals surface area contributed by atoms with Gasteiger partial charge < -0.3 is 9.88 Å². The van der Waals surface area contributed by atoms with Gasteiger partial charge in [0.1, 0.15) is 0 Å². The molecular formula is C11H19N3. The minimum Gasteiger partial charge on any atom is -0.356 e. The Kier molecular flexibility index (Phi) is 2.48. The summed E-state index contributed by atoms with van der Waals surface area (Å²) in [5, 5.41) is 3.30. The minimum atomic E-state index is 0.876. The molecule has 1 saturated carbocycles. The zero-order valence-electron chi connectivity index (χ0n) is 9.25. The second-order valence-electron chi connectivity index (χ2n) is 4.36. The highest BCUT2D eigenvalue weighted by Gasteiger charge is 2.33. The first kappa shape index (κ1) is 9.56. The van der Waals surface area contributed by atoms with Crippen LogP contribution in [0.5, 0.6) is 0 Å². The number of imidazole rings is 1. The molecule has 2 atom stereocenters. The summed E-state index contributed by atoms with van der Waals surface area (Å²) in [5.41, 5.74) is 1.11. The van der Waals surface area contributed by atoms with Crippen molar-refractivity contribution in [1.29, 1.82) is 0 Å². The van der Waals surface area contributed by atoms with E-state index in [0.717, 1.165) is 36.6 Å². The van der Waals surface area contributed by atoms with Gasteiger partial charge >= 0.3 is 0 Å². The maximum absolute atomic E-state index is 4.46.